The summed E-state index contributed by atoms with van der Waals surface area (Å²) < 4.78 is 5.42. The van der Waals surface area contributed by atoms with Gasteiger partial charge >= 0.3 is 0 Å². The molecule has 1 unspecified atom stereocenters. The number of benzene rings is 2. The number of carbonyl (C=O) groups excluding carboxylic acids is 1. The Hall–Kier alpha value is -2.17. The van der Waals surface area contributed by atoms with Crippen molar-refractivity contribution in [2.75, 3.05) is 45.3 Å². The zero-order valence-electron chi connectivity index (χ0n) is 19.4. The molecule has 0 bridgehead atoms. The van der Waals surface area contributed by atoms with Gasteiger partial charge in [-0.2, -0.15) is 0 Å². The Bertz CT molecular complexity index is 752. The van der Waals surface area contributed by atoms with Crippen LogP contribution >= 0.6 is 0 Å². The third kappa shape index (κ3) is 5.93. The highest BCUT2D eigenvalue weighted by molar-refractivity contribution is 6.03. The molecule has 1 atom stereocenters. The Morgan fingerprint density at radius 3 is 2.03 bits per heavy atom. The fourth-order valence-corrected chi connectivity index (χ4v) is 3.89. The van der Waals surface area contributed by atoms with Crippen LogP contribution in [0.3, 0.4) is 0 Å². The molecule has 164 valence electrons. The summed E-state index contributed by atoms with van der Waals surface area (Å²) in [4.78, 5) is 17.9. The first kappa shape index (κ1) is 24.1. The topological polar surface area (TPSA) is 32.8 Å². The maximum absolute atomic E-state index is 13.6. The second kappa shape index (κ2) is 11.9. The van der Waals surface area contributed by atoms with Crippen LogP contribution in [0.25, 0.3) is 0 Å². The number of ether oxygens (including phenoxy) is 1. The molecule has 0 aromatic heterocycles. The number of anilines is 1. The number of rotatable bonds is 7. The lowest BCUT2D eigenvalue weighted by Gasteiger charge is -2.38. The largest absolute Gasteiger partial charge is 0.378 e. The van der Waals surface area contributed by atoms with Gasteiger partial charge in [0.15, 0.2) is 5.78 Å². The molecule has 3 rings (SSSR count). The highest BCUT2D eigenvalue weighted by Gasteiger charge is 2.39. The zero-order valence-corrected chi connectivity index (χ0v) is 19.4. The molecular weight excluding hydrogens is 372 g/mol. The summed E-state index contributed by atoms with van der Waals surface area (Å²) in [6.07, 6.45) is 2.72. The number of morpholine rings is 1. The maximum Gasteiger partial charge on any atom is 0.183 e. The first-order valence-corrected chi connectivity index (χ1v) is 11.2. The van der Waals surface area contributed by atoms with Gasteiger partial charge in [-0.25, -0.2) is 0 Å². The lowest BCUT2D eigenvalue weighted by molar-refractivity contribution is 0.0666. The molecule has 1 heterocycles. The van der Waals surface area contributed by atoms with Gasteiger partial charge in [0, 0.05) is 24.3 Å². The number of nitrogens with zero attached hydrogens (tertiary/aromatic N) is 2. The van der Waals surface area contributed by atoms with Crippen LogP contribution in [0.1, 0.15) is 49.5 Å². The van der Waals surface area contributed by atoms with Gasteiger partial charge < -0.3 is 9.64 Å². The number of likely N-dealkylation sites (N-methyl/N-ethyl adjacent to an activating group) is 1. The minimum atomic E-state index is -0.540. The van der Waals surface area contributed by atoms with Gasteiger partial charge in [-0.15, -0.1) is 0 Å². The molecule has 0 spiro atoms. The molecule has 0 radical (unpaired) electrons. The minimum Gasteiger partial charge on any atom is -0.378 e. The van der Waals surface area contributed by atoms with Gasteiger partial charge in [0.2, 0.25) is 0 Å². The molecule has 0 amide bonds. The molecule has 2 aromatic rings. The second-order valence-corrected chi connectivity index (χ2v) is 8.12. The van der Waals surface area contributed by atoms with Crippen LogP contribution in [-0.4, -0.2) is 56.6 Å². The molecule has 4 nitrogen and oxygen atoms in total. The van der Waals surface area contributed by atoms with Gasteiger partial charge in [-0.05, 0) is 56.8 Å². The summed E-state index contributed by atoms with van der Waals surface area (Å²) in [5.41, 5.74) is 2.58. The lowest BCUT2D eigenvalue weighted by Crippen LogP contribution is -2.52. The van der Waals surface area contributed by atoms with Crippen LogP contribution in [0.4, 0.5) is 5.69 Å². The standard InChI is InChI=1S/C23H30N2O2.C3H8/c1-4-23(24(2)3,18-19-8-6-5-7-9-19)22(26)20-10-12-21(13-11-20)25-14-16-27-17-15-25;1-3-2/h5-13H,4,14-18H2,1-3H3;3H2,1-2H3. The number of hydrogen-bond acceptors (Lipinski definition) is 4. The summed E-state index contributed by atoms with van der Waals surface area (Å²) in [7, 11) is 4.01. The van der Waals surface area contributed by atoms with E-state index in [1.165, 1.54) is 12.0 Å². The van der Waals surface area contributed by atoms with Crippen molar-refractivity contribution in [2.45, 2.75) is 45.6 Å². The van der Waals surface area contributed by atoms with Crippen LogP contribution in [0, 0.1) is 0 Å². The molecule has 30 heavy (non-hydrogen) atoms. The predicted octanol–water partition coefficient (Wildman–Crippen LogP) is 5.08. The van der Waals surface area contributed by atoms with E-state index in [2.05, 4.69) is 54.8 Å². The van der Waals surface area contributed by atoms with Gasteiger partial charge in [0.05, 0.1) is 18.8 Å². The first-order valence-electron chi connectivity index (χ1n) is 11.2. The molecule has 1 saturated heterocycles. The monoisotopic (exact) mass is 410 g/mol. The van der Waals surface area contributed by atoms with E-state index in [-0.39, 0.29) is 5.78 Å². The van der Waals surface area contributed by atoms with Crippen molar-refractivity contribution in [1.82, 2.24) is 4.90 Å². The average molecular weight is 411 g/mol. The molecule has 0 N–H and O–H groups in total. The SMILES string of the molecule is CCC.CCC(Cc1ccccc1)(C(=O)c1ccc(N2CCOCC2)cc1)N(C)C. The molecule has 1 aliphatic rings. The highest BCUT2D eigenvalue weighted by atomic mass is 16.5. The Kier molecular flexibility index (Phi) is 9.54. The lowest BCUT2D eigenvalue weighted by atomic mass is 9.80. The van der Waals surface area contributed by atoms with Crippen molar-refractivity contribution in [3.63, 3.8) is 0 Å². The third-order valence-electron chi connectivity index (χ3n) is 5.71. The summed E-state index contributed by atoms with van der Waals surface area (Å²) in [6.45, 7) is 9.67. The normalized spacial score (nSPS) is 15.9. The van der Waals surface area contributed by atoms with Crippen LogP contribution in [0.5, 0.6) is 0 Å². The summed E-state index contributed by atoms with van der Waals surface area (Å²) in [5, 5.41) is 0. The Morgan fingerprint density at radius 2 is 1.53 bits per heavy atom. The number of ketones is 1. The Morgan fingerprint density at radius 1 is 0.967 bits per heavy atom. The summed E-state index contributed by atoms with van der Waals surface area (Å²) in [6, 6.07) is 18.4. The highest BCUT2D eigenvalue weighted by Crippen LogP contribution is 2.28. The van der Waals surface area contributed by atoms with E-state index in [0.29, 0.717) is 6.42 Å². The Labute approximate surface area is 182 Å². The molecule has 1 aliphatic heterocycles. The van der Waals surface area contributed by atoms with Crippen LogP contribution in [-0.2, 0) is 11.2 Å². The van der Waals surface area contributed by atoms with Gasteiger partial charge in [-0.1, -0.05) is 57.5 Å². The van der Waals surface area contributed by atoms with Gasteiger partial charge in [-0.3, -0.25) is 9.69 Å². The van der Waals surface area contributed by atoms with Crippen LogP contribution in [0.2, 0.25) is 0 Å². The van der Waals surface area contributed by atoms with Gasteiger partial charge in [0.25, 0.3) is 0 Å². The smallest absolute Gasteiger partial charge is 0.183 e. The molecule has 1 fully saturated rings. The third-order valence-corrected chi connectivity index (χ3v) is 5.71. The molecule has 0 saturated carbocycles. The van der Waals surface area contributed by atoms with Crippen molar-refractivity contribution in [2.24, 2.45) is 0 Å². The van der Waals surface area contributed by atoms with E-state index >= 15 is 0 Å². The van der Waals surface area contributed by atoms with E-state index < -0.39 is 5.54 Å². The minimum absolute atomic E-state index is 0.187. The van der Waals surface area contributed by atoms with E-state index in [4.69, 9.17) is 4.74 Å². The van der Waals surface area contributed by atoms with Gasteiger partial charge in [0.1, 0.15) is 0 Å². The number of Topliss-reactive ketones (excluding diaryl/α,β-unsaturated/α-hetero) is 1. The molecule has 2 aromatic carbocycles. The second-order valence-electron chi connectivity index (χ2n) is 8.12. The quantitative estimate of drug-likeness (QED) is 0.596. The van der Waals surface area contributed by atoms with E-state index in [9.17, 15) is 4.79 Å². The van der Waals surface area contributed by atoms with Crippen LogP contribution < -0.4 is 4.90 Å². The van der Waals surface area contributed by atoms with Crippen molar-refractivity contribution >= 4 is 11.5 Å². The zero-order chi connectivity index (χ0) is 22.0. The molecule has 4 heteroatoms. The van der Waals surface area contributed by atoms with E-state index in [0.717, 1.165) is 44.0 Å². The summed E-state index contributed by atoms with van der Waals surface area (Å²) >= 11 is 0. The Balaban J connectivity index is 0.00000101. The molecule has 0 aliphatic carbocycles. The molecular formula is C26H38N2O2. The van der Waals surface area contributed by atoms with Crippen molar-refractivity contribution < 1.29 is 9.53 Å². The van der Waals surface area contributed by atoms with Crippen LogP contribution in [0.15, 0.2) is 54.6 Å². The fourth-order valence-electron chi connectivity index (χ4n) is 3.89. The van der Waals surface area contributed by atoms with Crippen molar-refractivity contribution in [1.29, 1.82) is 0 Å². The first-order chi connectivity index (χ1) is 14.5. The predicted molar refractivity (Wildman–Crippen MR) is 127 cm³/mol. The van der Waals surface area contributed by atoms with E-state index in [1.54, 1.807) is 0 Å². The summed E-state index contributed by atoms with van der Waals surface area (Å²) in [5.74, 6) is 0.187. The maximum atomic E-state index is 13.6. The fraction of sp³-hybridized carbons (Fsp3) is 0.500. The number of carbonyl (C=O) groups is 1. The van der Waals surface area contributed by atoms with Crippen molar-refractivity contribution in [3.05, 3.63) is 65.7 Å². The average Bonchev–Trinajstić information content (AvgIpc) is 2.79. The number of hydrogen-bond donors (Lipinski definition) is 0. The van der Waals surface area contributed by atoms with Crippen molar-refractivity contribution in [3.8, 4) is 0 Å². The van der Waals surface area contributed by atoms with E-state index in [1.807, 2.05) is 44.4 Å².